The van der Waals surface area contributed by atoms with Crippen molar-refractivity contribution in [2.45, 2.75) is 0 Å². The van der Waals surface area contributed by atoms with Gasteiger partial charge in [-0.15, -0.1) is 0 Å². The summed E-state index contributed by atoms with van der Waals surface area (Å²) in [5.74, 6) is -0.431. The first-order chi connectivity index (χ1) is 8.77. The van der Waals surface area contributed by atoms with E-state index in [2.05, 4.69) is 20.6 Å². The first-order valence-electron chi connectivity index (χ1n) is 5.80. The Hall–Kier alpha value is -2.02. The molecule has 2 rings (SSSR count). The van der Waals surface area contributed by atoms with Gasteiger partial charge in [-0.2, -0.15) is 0 Å². The van der Waals surface area contributed by atoms with Crippen molar-refractivity contribution >= 4 is 11.8 Å². The van der Waals surface area contributed by atoms with E-state index in [-0.39, 0.29) is 24.1 Å². The predicted octanol–water partition coefficient (Wildman–Crippen LogP) is -1.36. The van der Waals surface area contributed by atoms with Crippen LogP contribution in [0, 0.1) is 0 Å². The SMILES string of the molecule is O=C(NCC(=O)N1CCNCC1)c1ccncn1. The Kier molecular flexibility index (Phi) is 4.19. The third-order valence-corrected chi connectivity index (χ3v) is 2.68. The van der Waals surface area contributed by atoms with Crippen molar-refractivity contribution in [3.63, 3.8) is 0 Å². The molecule has 0 bridgehead atoms. The van der Waals surface area contributed by atoms with E-state index in [1.165, 1.54) is 18.6 Å². The Morgan fingerprint density at radius 3 is 2.83 bits per heavy atom. The molecular weight excluding hydrogens is 234 g/mol. The van der Waals surface area contributed by atoms with Crippen molar-refractivity contribution in [1.29, 1.82) is 0 Å². The molecule has 0 radical (unpaired) electrons. The molecule has 0 aliphatic carbocycles. The molecule has 18 heavy (non-hydrogen) atoms. The standard InChI is InChI=1S/C11H15N5O2/c17-10(16-5-3-12-4-6-16)7-14-11(18)9-1-2-13-8-15-9/h1-2,8,12H,3-7H2,(H,14,18). The number of amides is 2. The lowest BCUT2D eigenvalue weighted by Gasteiger charge is -2.27. The molecule has 1 fully saturated rings. The van der Waals surface area contributed by atoms with E-state index in [4.69, 9.17) is 0 Å². The molecule has 7 nitrogen and oxygen atoms in total. The van der Waals surface area contributed by atoms with Crippen LogP contribution in [0.3, 0.4) is 0 Å². The van der Waals surface area contributed by atoms with Crippen molar-refractivity contribution in [3.8, 4) is 0 Å². The lowest BCUT2D eigenvalue weighted by molar-refractivity contribution is -0.130. The summed E-state index contributed by atoms with van der Waals surface area (Å²) in [6.45, 7) is 2.96. The lowest BCUT2D eigenvalue weighted by Crippen LogP contribution is -2.49. The number of hydrogen-bond acceptors (Lipinski definition) is 5. The monoisotopic (exact) mass is 249 g/mol. The van der Waals surface area contributed by atoms with Crippen LogP contribution in [0.5, 0.6) is 0 Å². The third-order valence-electron chi connectivity index (χ3n) is 2.68. The van der Waals surface area contributed by atoms with Crippen LogP contribution in [0.1, 0.15) is 10.5 Å². The summed E-state index contributed by atoms with van der Waals surface area (Å²) in [5.41, 5.74) is 0.262. The maximum atomic E-state index is 11.8. The molecule has 1 aliphatic rings. The van der Waals surface area contributed by atoms with Gasteiger partial charge in [0.15, 0.2) is 0 Å². The van der Waals surface area contributed by atoms with E-state index in [0.717, 1.165) is 13.1 Å². The molecule has 7 heteroatoms. The van der Waals surface area contributed by atoms with Gasteiger partial charge in [-0.1, -0.05) is 0 Å². The normalized spacial score (nSPS) is 15.2. The number of carbonyl (C=O) groups is 2. The molecular formula is C11H15N5O2. The Bertz CT molecular complexity index is 417. The molecule has 96 valence electrons. The molecule has 0 saturated carbocycles. The number of hydrogen-bond donors (Lipinski definition) is 2. The molecule has 2 amide bonds. The Balaban J connectivity index is 1.80. The van der Waals surface area contributed by atoms with Crippen LogP contribution in [0.4, 0.5) is 0 Å². The zero-order valence-electron chi connectivity index (χ0n) is 9.93. The molecule has 0 atom stereocenters. The molecule has 1 aliphatic heterocycles. The van der Waals surface area contributed by atoms with E-state index in [1.807, 2.05) is 0 Å². The van der Waals surface area contributed by atoms with Gasteiger partial charge in [0.1, 0.15) is 12.0 Å². The smallest absolute Gasteiger partial charge is 0.270 e. The van der Waals surface area contributed by atoms with Crippen LogP contribution in [-0.2, 0) is 4.79 Å². The number of nitrogens with one attached hydrogen (secondary N) is 2. The average Bonchev–Trinajstić information content (AvgIpc) is 2.46. The Morgan fingerprint density at radius 2 is 2.17 bits per heavy atom. The van der Waals surface area contributed by atoms with Gasteiger partial charge >= 0.3 is 0 Å². The van der Waals surface area contributed by atoms with Crippen LogP contribution in [0.2, 0.25) is 0 Å². The van der Waals surface area contributed by atoms with Crippen molar-refractivity contribution in [3.05, 3.63) is 24.3 Å². The van der Waals surface area contributed by atoms with Gasteiger partial charge in [-0.3, -0.25) is 9.59 Å². The fourth-order valence-corrected chi connectivity index (χ4v) is 1.70. The molecule has 2 heterocycles. The number of nitrogens with zero attached hydrogens (tertiary/aromatic N) is 3. The maximum Gasteiger partial charge on any atom is 0.270 e. The largest absolute Gasteiger partial charge is 0.342 e. The highest BCUT2D eigenvalue weighted by Crippen LogP contribution is 1.94. The lowest BCUT2D eigenvalue weighted by atomic mass is 10.3. The fourth-order valence-electron chi connectivity index (χ4n) is 1.70. The summed E-state index contributed by atoms with van der Waals surface area (Å²) in [4.78, 5) is 32.7. The topological polar surface area (TPSA) is 87.2 Å². The molecule has 0 unspecified atom stereocenters. The van der Waals surface area contributed by atoms with Gasteiger partial charge in [-0.25, -0.2) is 9.97 Å². The molecule has 1 aromatic rings. The molecule has 1 saturated heterocycles. The van der Waals surface area contributed by atoms with Gasteiger partial charge in [0.05, 0.1) is 6.54 Å². The second-order valence-electron chi connectivity index (χ2n) is 3.91. The summed E-state index contributed by atoms with van der Waals surface area (Å²) < 4.78 is 0. The molecule has 2 N–H and O–H groups in total. The summed E-state index contributed by atoms with van der Waals surface area (Å²) in [6, 6.07) is 1.50. The fraction of sp³-hybridized carbons (Fsp3) is 0.455. The number of carbonyl (C=O) groups excluding carboxylic acids is 2. The third kappa shape index (κ3) is 3.24. The van der Waals surface area contributed by atoms with E-state index in [9.17, 15) is 9.59 Å². The van der Waals surface area contributed by atoms with Crippen molar-refractivity contribution in [1.82, 2.24) is 25.5 Å². The minimum Gasteiger partial charge on any atom is -0.342 e. The number of aromatic nitrogens is 2. The zero-order valence-corrected chi connectivity index (χ0v) is 9.93. The Labute approximate surface area is 105 Å². The maximum absolute atomic E-state index is 11.8. The minimum absolute atomic E-state index is 0.00281. The van der Waals surface area contributed by atoms with E-state index in [0.29, 0.717) is 13.1 Å². The van der Waals surface area contributed by atoms with Crippen LogP contribution in [-0.4, -0.2) is 59.4 Å². The van der Waals surface area contributed by atoms with Crippen molar-refractivity contribution in [2.75, 3.05) is 32.7 Å². The van der Waals surface area contributed by atoms with Crippen molar-refractivity contribution < 1.29 is 9.59 Å². The van der Waals surface area contributed by atoms with Gasteiger partial charge < -0.3 is 15.5 Å². The summed E-state index contributed by atoms with van der Waals surface area (Å²) >= 11 is 0. The summed E-state index contributed by atoms with van der Waals surface area (Å²) in [6.07, 6.45) is 2.78. The van der Waals surface area contributed by atoms with Crippen molar-refractivity contribution in [2.24, 2.45) is 0 Å². The second-order valence-corrected chi connectivity index (χ2v) is 3.91. The van der Waals surface area contributed by atoms with Gasteiger partial charge in [0.2, 0.25) is 5.91 Å². The van der Waals surface area contributed by atoms with E-state index >= 15 is 0 Å². The number of piperazine rings is 1. The Morgan fingerprint density at radius 1 is 1.39 bits per heavy atom. The highest BCUT2D eigenvalue weighted by molar-refractivity contribution is 5.94. The average molecular weight is 249 g/mol. The van der Waals surface area contributed by atoms with E-state index in [1.54, 1.807) is 4.90 Å². The highest BCUT2D eigenvalue weighted by Gasteiger charge is 2.17. The number of rotatable bonds is 3. The zero-order chi connectivity index (χ0) is 12.8. The summed E-state index contributed by atoms with van der Waals surface area (Å²) in [5, 5.41) is 5.72. The predicted molar refractivity (Wildman–Crippen MR) is 63.8 cm³/mol. The molecule has 0 aromatic carbocycles. The van der Waals surface area contributed by atoms with Gasteiger partial charge in [0.25, 0.3) is 5.91 Å². The van der Waals surface area contributed by atoms with E-state index < -0.39 is 0 Å². The van der Waals surface area contributed by atoms with Crippen LogP contribution < -0.4 is 10.6 Å². The van der Waals surface area contributed by atoms with Crippen LogP contribution in [0.15, 0.2) is 18.6 Å². The first kappa shape index (κ1) is 12.4. The molecule has 0 spiro atoms. The second kappa shape index (κ2) is 6.06. The quantitative estimate of drug-likeness (QED) is 0.690. The van der Waals surface area contributed by atoms with Gasteiger partial charge in [0, 0.05) is 32.4 Å². The van der Waals surface area contributed by atoms with Crippen LogP contribution >= 0.6 is 0 Å². The van der Waals surface area contributed by atoms with Gasteiger partial charge in [-0.05, 0) is 6.07 Å². The first-order valence-corrected chi connectivity index (χ1v) is 5.80. The van der Waals surface area contributed by atoms with Crippen LogP contribution in [0.25, 0.3) is 0 Å². The highest BCUT2D eigenvalue weighted by atomic mass is 16.2. The minimum atomic E-state index is -0.360. The summed E-state index contributed by atoms with van der Waals surface area (Å²) in [7, 11) is 0. The molecule has 1 aromatic heterocycles.